The first kappa shape index (κ1) is 14.1. The number of thioether (sulfide) groups is 1. The van der Waals surface area contributed by atoms with Crippen molar-refractivity contribution in [2.24, 2.45) is 16.3 Å². The van der Waals surface area contributed by atoms with Crippen molar-refractivity contribution in [1.29, 1.82) is 0 Å². The maximum atomic E-state index is 12.1. The van der Waals surface area contributed by atoms with Crippen LogP contribution in [0.2, 0.25) is 0 Å². The van der Waals surface area contributed by atoms with Gasteiger partial charge in [0.1, 0.15) is 5.41 Å². The molecule has 1 saturated heterocycles. The van der Waals surface area contributed by atoms with Crippen LogP contribution in [0.15, 0.2) is 5.16 Å². The van der Waals surface area contributed by atoms with Gasteiger partial charge < -0.3 is 21.0 Å². The summed E-state index contributed by atoms with van der Waals surface area (Å²) >= 11 is 1.65. The van der Waals surface area contributed by atoms with E-state index in [-0.39, 0.29) is 11.7 Å². The van der Waals surface area contributed by atoms with Crippen LogP contribution in [0.3, 0.4) is 0 Å². The fourth-order valence-electron chi connectivity index (χ4n) is 1.85. The molecule has 1 amide bonds. The van der Waals surface area contributed by atoms with Gasteiger partial charge in [0.15, 0.2) is 5.84 Å². The van der Waals surface area contributed by atoms with Crippen LogP contribution in [0.25, 0.3) is 0 Å². The molecule has 1 heterocycles. The van der Waals surface area contributed by atoms with Gasteiger partial charge in [-0.2, -0.15) is 11.8 Å². The normalized spacial score (nSPS) is 19.9. The molecule has 0 aliphatic carbocycles. The lowest BCUT2D eigenvalue weighted by Crippen LogP contribution is -2.53. The van der Waals surface area contributed by atoms with E-state index in [1.54, 1.807) is 11.8 Å². The van der Waals surface area contributed by atoms with Crippen molar-refractivity contribution in [1.82, 2.24) is 5.32 Å². The average Bonchev–Trinajstić information content (AvgIpc) is 2.38. The number of amides is 1. The third-order valence-electron chi connectivity index (χ3n) is 2.97. The van der Waals surface area contributed by atoms with E-state index in [4.69, 9.17) is 15.7 Å². The van der Waals surface area contributed by atoms with E-state index in [0.717, 1.165) is 5.75 Å². The number of carbonyl (C=O) groups excluding carboxylic acids is 1. The van der Waals surface area contributed by atoms with Crippen molar-refractivity contribution < 1.29 is 14.7 Å². The van der Waals surface area contributed by atoms with Crippen LogP contribution < -0.4 is 11.1 Å². The molecule has 1 aliphatic heterocycles. The number of rotatable bonds is 5. The third-order valence-corrected chi connectivity index (χ3v) is 3.58. The molecule has 0 aromatic rings. The van der Waals surface area contributed by atoms with Gasteiger partial charge in [-0.25, -0.2) is 0 Å². The van der Waals surface area contributed by atoms with Crippen molar-refractivity contribution in [3.63, 3.8) is 0 Å². The van der Waals surface area contributed by atoms with E-state index in [9.17, 15) is 4.79 Å². The minimum Gasteiger partial charge on any atom is -0.409 e. The number of carbonyl (C=O) groups is 1. The SMILES string of the molecule is CSCCNC(=O)C1(C(N)=NO)CCOCC1. The summed E-state index contributed by atoms with van der Waals surface area (Å²) in [5.74, 6) is 0.640. The van der Waals surface area contributed by atoms with Gasteiger partial charge in [0, 0.05) is 25.5 Å². The molecule has 1 fully saturated rings. The molecule has 0 saturated carbocycles. The van der Waals surface area contributed by atoms with Crippen molar-refractivity contribution in [3.05, 3.63) is 0 Å². The molecule has 0 spiro atoms. The zero-order chi connectivity index (χ0) is 12.7. The fourth-order valence-corrected chi connectivity index (χ4v) is 2.16. The van der Waals surface area contributed by atoms with Crippen LogP contribution in [-0.4, -0.2) is 48.7 Å². The fraction of sp³-hybridized carbons (Fsp3) is 0.800. The molecule has 7 heteroatoms. The molecule has 0 atom stereocenters. The van der Waals surface area contributed by atoms with E-state index in [1.165, 1.54) is 0 Å². The summed E-state index contributed by atoms with van der Waals surface area (Å²) in [6.07, 6.45) is 2.88. The van der Waals surface area contributed by atoms with E-state index < -0.39 is 5.41 Å². The van der Waals surface area contributed by atoms with Gasteiger partial charge in [-0.05, 0) is 19.1 Å². The molecular weight excluding hydrogens is 242 g/mol. The summed E-state index contributed by atoms with van der Waals surface area (Å²) < 4.78 is 5.22. The quantitative estimate of drug-likeness (QED) is 0.213. The maximum absolute atomic E-state index is 12.1. The van der Waals surface area contributed by atoms with E-state index >= 15 is 0 Å². The second kappa shape index (κ2) is 6.70. The van der Waals surface area contributed by atoms with E-state index in [0.29, 0.717) is 32.6 Å². The van der Waals surface area contributed by atoms with Gasteiger partial charge in [-0.15, -0.1) is 0 Å². The smallest absolute Gasteiger partial charge is 0.234 e. The van der Waals surface area contributed by atoms with Gasteiger partial charge >= 0.3 is 0 Å². The van der Waals surface area contributed by atoms with Crippen LogP contribution in [0.1, 0.15) is 12.8 Å². The van der Waals surface area contributed by atoms with Gasteiger partial charge in [-0.3, -0.25) is 4.79 Å². The second-order valence-corrected chi connectivity index (χ2v) is 4.91. The summed E-state index contributed by atoms with van der Waals surface area (Å²) in [6, 6.07) is 0. The Kier molecular flexibility index (Phi) is 5.57. The van der Waals surface area contributed by atoms with Crippen molar-refractivity contribution in [2.45, 2.75) is 12.8 Å². The number of nitrogens with two attached hydrogens (primary N) is 1. The molecule has 0 aromatic carbocycles. The first-order valence-corrected chi connectivity index (χ1v) is 6.90. The molecule has 0 bridgehead atoms. The average molecular weight is 261 g/mol. The Labute approximate surface area is 105 Å². The van der Waals surface area contributed by atoms with Crippen molar-refractivity contribution in [2.75, 3.05) is 31.8 Å². The number of ether oxygens (including phenoxy) is 1. The summed E-state index contributed by atoms with van der Waals surface area (Å²) in [5.41, 5.74) is 4.75. The highest BCUT2D eigenvalue weighted by Gasteiger charge is 2.44. The Morgan fingerprint density at radius 3 is 2.76 bits per heavy atom. The Morgan fingerprint density at radius 2 is 2.24 bits per heavy atom. The molecule has 0 aromatic heterocycles. The number of nitrogens with one attached hydrogen (secondary N) is 1. The van der Waals surface area contributed by atoms with Crippen LogP contribution >= 0.6 is 11.8 Å². The van der Waals surface area contributed by atoms with Crippen LogP contribution in [0.5, 0.6) is 0 Å². The number of amidine groups is 1. The Bertz CT molecular complexity index is 291. The van der Waals surface area contributed by atoms with Gasteiger partial charge in [-0.1, -0.05) is 5.16 Å². The minimum absolute atomic E-state index is 0.0255. The first-order chi connectivity index (χ1) is 8.17. The van der Waals surface area contributed by atoms with Crippen LogP contribution in [-0.2, 0) is 9.53 Å². The predicted molar refractivity (Wildman–Crippen MR) is 67.3 cm³/mol. The lowest BCUT2D eigenvalue weighted by molar-refractivity contribution is -0.131. The molecule has 0 unspecified atom stereocenters. The Balaban J connectivity index is 2.72. The number of nitrogens with zero attached hydrogens (tertiary/aromatic N) is 1. The first-order valence-electron chi connectivity index (χ1n) is 5.50. The standard InChI is InChI=1S/C10H19N3O3S/c1-17-7-4-12-9(14)10(8(11)13-15)2-5-16-6-3-10/h15H,2-7H2,1H3,(H2,11,13)(H,12,14). The van der Waals surface area contributed by atoms with Crippen molar-refractivity contribution >= 4 is 23.5 Å². The summed E-state index contributed by atoms with van der Waals surface area (Å²) in [7, 11) is 0. The molecule has 98 valence electrons. The third kappa shape index (κ3) is 3.26. The highest BCUT2D eigenvalue weighted by Crippen LogP contribution is 2.31. The minimum atomic E-state index is -0.911. The van der Waals surface area contributed by atoms with E-state index in [1.807, 2.05) is 6.26 Å². The highest BCUT2D eigenvalue weighted by molar-refractivity contribution is 7.98. The highest BCUT2D eigenvalue weighted by atomic mass is 32.2. The maximum Gasteiger partial charge on any atom is 0.234 e. The summed E-state index contributed by atoms with van der Waals surface area (Å²) in [4.78, 5) is 12.1. The van der Waals surface area contributed by atoms with Crippen molar-refractivity contribution in [3.8, 4) is 0 Å². The van der Waals surface area contributed by atoms with E-state index in [2.05, 4.69) is 10.5 Å². The molecule has 6 nitrogen and oxygen atoms in total. The summed E-state index contributed by atoms with van der Waals surface area (Å²) in [6.45, 7) is 1.49. The largest absolute Gasteiger partial charge is 0.409 e. The van der Waals surface area contributed by atoms with Crippen LogP contribution in [0, 0.1) is 5.41 Å². The lowest BCUT2D eigenvalue weighted by atomic mass is 9.78. The molecule has 1 rings (SSSR count). The molecule has 4 N–H and O–H groups in total. The van der Waals surface area contributed by atoms with Crippen LogP contribution in [0.4, 0.5) is 0 Å². The van der Waals surface area contributed by atoms with Gasteiger partial charge in [0.05, 0.1) is 0 Å². The monoisotopic (exact) mass is 261 g/mol. The molecule has 0 radical (unpaired) electrons. The lowest BCUT2D eigenvalue weighted by Gasteiger charge is -2.34. The zero-order valence-corrected chi connectivity index (χ0v) is 10.8. The predicted octanol–water partition coefficient (Wildman–Crippen LogP) is 0.00880. The Hall–Kier alpha value is -0.950. The number of oxime groups is 1. The molecular formula is C10H19N3O3S. The van der Waals surface area contributed by atoms with Gasteiger partial charge in [0.2, 0.25) is 5.91 Å². The Morgan fingerprint density at radius 1 is 1.59 bits per heavy atom. The number of hydrogen-bond acceptors (Lipinski definition) is 5. The zero-order valence-electron chi connectivity index (χ0n) is 9.94. The summed E-state index contributed by atoms with van der Waals surface area (Å²) in [5, 5.41) is 14.6. The second-order valence-electron chi connectivity index (χ2n) is 3.93. The number of hydrogen-bond donors (Lipinski definition) is 3. The molecule has 17 heavy (non-hydrogen) atoms. The topological polar surface area (TPSA) is 96.9 Å². The van der Waals surface area contributed by atoms with Gasteiger partial charge in [0.25, 0.3) is 0 Å². The molecule has 1 aliphatic rings.